The molecule has 1 aromatic heterocycles. The summed E-state index contributed by atoms with van der Waals surface area (Å²) < 4.78 is 10.8. The number of nitrogens with zero attached hydrogens (tertiary/aromatic N) is 1. The van der Waals surface area contributed by atoms with Gasteiger partial charge in [-0.25, -0.2) is 9.78 Å². The van der Waals surface area contributed by atoms with Gasteiger partial charge in [-0.05, 0) is 23.3 Å². The third-order valence-electron chi connectivity index (χ3n) is 3.05. The lowest BCUT2D eigenvalue weighted by Crippen LogP contribution is -2.13. The minimum absolute atomic E-state index is 0.387. The van der Waals surface area contributed by atoms with Crippen molar-refractivity contribution in [2.75, 3.05) is 25.1 Å². The molecule has 0 saturated heterocycles. The Hall–Kier alpha value is -2.86. The lowest BCUT2D eigenvalue weighted by Gasteiger charge is -2.12. The van der Waals surface area contributed by atoms with Gasteiger partial charge in [0.25, 0.3) is 0 Å². The first-order valence-electron chi connectivity index (χ1n) is 7.47. The van der Waals surface area contributed by atoms with Gasteiger partial charge in [0.15, 0.2) is 18.2 Å². The third kappa shape index (κ3) is 6.10. The van der Waals surface area contributed by atoms with Gasteiger partial charge in [0.05, 0.1) is 13.2 Å². The molecule has 1 heterocycles. The van der Waals surface area contributed by atoms with Crippen LogP contribution in [0.25, 0.3) is 0 Å². The van der Waals surface area contributed by atoms with E-state index in [1.807, 2.05) is 30.3 Å². The highest BCUT2D eigenvalue weighted by Crippen LogP contribution is 2.20. The van der Waals surface area contributed by atoms with Crippen molar-refractivity contribution in [3.8, 4) is 5.75 Å². The van der Waals surface area contributed by atoms with E-state index in [-0.39, 0.29) is 0 Å². The highest BCUT2D eigenvalue weighted by atomic mass is 16.5. The fraction of sp³-hybridized carbons (Fsp3) is 0.222. The normalized spacial score (nSPS) is 10.2. The number of benzene rings is 1. The van der Waals surface area contributed by atoms with Gasteiger partial charge in [0, 0.05) is 12.7 Å². The molecular formula is C18H20N2O4. The summed E-state index contributed by atoms with van der Waals surface area (Å²) in [6, 6.07) is 13.2. The molecule has 0 radical (unpaired) electrons. The molecule has 126 valence electrons. The van der Waals surface area contributed by atoms with Crippen LogP contribution in [-0.2, 0) is 16.1 Å². The number of ether oxygens (including phenoxy) is 2. The Balaban J connectivity index is 1.76. The average Bonchev–Trinajstić information content (AvgIpc) is 2.59. The van der Waals surface area contributed by atoms with Crippen LogP contribution in [0, 0.1) is 0 Å². The summed E-state index contributed by atoms with van der Waals surface area (Å²) in [5.41, 5.74) is 1.95. The average molecular weight is 328 g/mol. The molecule has 2 N–H and O–H groups in total. The van der Waals surface area contributed by atoms with E-state index in [9.17, 15) is 4.79 Å². The Kier molecular flexibility index (Phi) is 6.79. The van der Waals surface area contributed by atoms with Gasteiger partial charge in [-0.2, -0.15) is 0 Å². The number of nitrogens with one attached hydrogen (secondary N) is 1. The Labute approximate surface area is 140 Å². The van der Waals surface area contributed by atoms with E-state index in [0.717, 1.165) is 11.1 Å². The van der Waals surface area contributed by atoms with Crippen molar-refractivity contribution >= 4 is 11.8 Å². The standard InChI is InChI=1S/C18H20N2O4/c1-14(11-23-12-15-6-3-2-4-7-15)10-20-18-16(8-5-9-19-18)24-13-17(21)22/h2-9H,1,10-13H2,(H,19,20)(H,21,22). The number of carboxylic acids is 1. The summed E-state index contributed by atoms with van der Waals surface area (Å²) in [6.07, 6.45) is 1.60. The zero-order valence-corrected chi connectivity index (χ0v) is 13.3. The van der Waals surface area contributed by atoms with Crippen molar-refractivity contribution in [1.82, 2.24) is 4.98 Å². The molecule has 6 nitrogen and oxygen atoms in total. The maximum absolute atomic E-state index is 10.6. The Morgan fingerprint density at radius 1 is 1.17 bits per heavy atom. The molecule has 0 unspecified atom stereocenters. The summed E-state index contributed by atoms with van der Waals surface area (Å²) in [4.78, 5) is 14.7. The first-order chi connectivity index (χ1) is 11.6. The van der Waals surface area contributed by atoms with Crippen LogP contribution in [0.4, 0.5) is 5.82 Å². The SMILES string of the molecule is C=C(CNc1ncccc1OCC(=O)O)COCc1ccccc1. The first kappa shape index (κ1) is 17.5. The third-order valence-corrected chi connectivity index (χ3v) is 3.05. The smallest absolute Gasteiger partial charge is 0.341 e. The van der Waals surface area contributed by atoms with Crippen LogP contribution in [0.3, 0.4) is 0 Å². The molecule has 24 heavy (non-hydrogen) atoms. The van der Waals surface area contributed by atoms with E-state index in [2.05, 4.69) is 16.9 Å². The van der Waals surface area contributed by atoms with E-state index in [1.54, 1.807) is 18.3 Å². The van der Waals surface area contributed by atoms with E-state index in [4.69, 9.17) is 14.6 Å². The van der Waals surface area contributed by atoms with Crippen LogP contribution < -0.4 is 10.1 Å². The molecular weight excluding hydrogens is 308 g/mol. The monoisotopic (exact) mass is 328 g/mol. The lowest BCUT2D eigenvalue weighted by molar-refractivity contribution is -0.139. The van der Waals surface area contributed by atoms with E-state index >= 15 is 0 Å². The van der Waals surface area contributed by atoms with Crippen molar-refractivity contribution in [3.63, 3.8) is 0 Å². The van der Waals surface area contributed by atoms with Crippen LogP contribution in [0.15, 0.2) is 60.8 Å². The molecule has 0 fully saturated rings. The predicted octanol–water partition coefficient (Wildman–Crippen LogP) is 2.73. The molecule has 0 amide bonds. The van der Waals surface area contributed by atoms with Crippen LogP contribution in [0.2, 0.25) is 0 Å². The van der Waals surface area contributed by atoms with Gasteiger partial charge in [0.1, 0.15) is 0 Å². The molecule has 0 aliphatic rings. The van der Waals surface area contributed by atoms with Gasteiger partial charge in [-0.1, -0.05) is 36.9 Å². The van der Waals surface area contributed by atoms with Crippen LogP contribution in [0.1, 0.15) is 5.56 Å². The van der Waals surface area contributed by atoms with Gasteiger partial charge < -0.3 is 19.9 Å². The van der Waals surface area contributed by atoms with Crippen LogP contribution in [-0.4, -0.2) is 35.8 Å². The van der Waals surface area contributed by atoms with Gasteiger partial charge in [-0.3, -0.25) is 0 Å². The summed E-state index contributed by atoms with van der Waals surface area (Å²) in [7, 11) is 0. The Morgan fingerprint density at radius 3 is 2.71 bits per heavy atom. The van der Waals surface area contributed by atoms with Gasteiger partial charge in [-0.15, -0.1) is 0 Å². The highest BCUT2D eigenvalue weighted by molar-refractivity contribution is 5.68. The zero-order chi connectivity index (χ0) is 17.2. The molecule has 0 saturated carbocycles. The predicted molar refractivity (Wildman–Crippen MR) is 91.1 cm³/mol. The number of pyridine rings is 1. The quantitative estimate of drug-likeness (QED) is 0.653. The van der Waals surface area contributed by atoms with Crippen molar-refractivity contribution in [2.45, 2.75) is 6.61 Å². The number of carbonyl (C=O) groups is 1. The van der Waals surface area contributed by atoms with Crippen molar-refractivity contribution < 1.29 is 19.4 Å². The summed E-state index contributed by atoms with van der Waals surface area (Å²) in [6.45, 7) is 4.93. The number of aliphatic carboxylic acids is 1. The lowest BCUT2D eigenvalue weighted by atomic mass is 10.2. The summed E-state index contributed by atoms with van der Waals surface area (Å²) in [5.74, 6) is -0.176. The molecule has 0 spiro atoms. The molecule has 0 aliphatic carbocycles. The minimum atomic E-state index is -1.04. The Morgan fingerprint density at radius 2 is 1.96 bits per heavy atom. The van der Waals surface area contributed by atoms with Crippen molar-refractivity contribution in [3.05, 3.63) is 66.4 Å². The largest absolute Gasteiger partial charge is 0.479 e. The maximum atomic E-state index is 10.6. The van der Waals surface area contributed by atoms with Crippen LogP contribution in [0.5, 0.6) is 5.75 Å². The highest BCUT2D eigenvalue weighted by Gasteiger charge is 2.07. The fourth-order valence-corrected chi connectivity index (χ4v) is 1.93. The van der Waals surface area contributed by atoms with Gasteiger partial charge >= 0.3 is 5.97 Å². The number of rotatable bonds is 10. The Bertz CT molecular complexity index is 674. The number of anilines is 1. The van der Waals surface area contributed by atoms with Crippen molar-refractivity contribution in [1.29, 1.82) is 0 Å². The maximum Gasteiger partial charge on any atom is 0.341 e. The van der Waals surface area contributed by atoms with E-state index < -0.39 is 12.6 Å². The number of hydrogen-bond acceptors (Lipinski definition) is 5. The molecule has 0 bridgehead atoms. The molecule has 6 heteroatoms. The molecule has 1 aromatic carbocycles. The second-order valence-electron chi connectivity index (χ2n) is 5.11. The molecule has 2 aromatic rings. The minimum Gasteiger partial charge on any atom is -0.479 e. The molecule has 2 rings (SSSR count). The molecule has 0 atom stereocenters. The number of aromatic nitrogens is 1. The topological polar surface area (TPSA) is 80.7 Å². The molecule has 0 aliphatic heterocycles. The van der Waals surface area contributed by atoms with Crippen LogP contribution >= 0.6 is 0 Å². The summed E-state index contributed by atoms with van der Waals surface area (Å²) in [5, 5.41) is 11.8. The second kappa shape index (κ2) is 9.32. The fourth-order valence-electron chi connectivity index (χ4n) is 1.93. The number of hydrogen-bond donors (Lipinski definition) is 2. The van der Waals surface area contributed by atoms with E-state index in [1.165, 1.54) is 0 Å². The van der Waals surface area contributed by atoms with E-state index in [0.29, 0.717) is 31.3 Å². The summed E-state index contributed by atoms with van der Waals surface area (Å²) >= 11 is 0. The van der Waals surface area contributed by atoms with Crippen molar-refractivity contribution in [2.24, 2.45) is 0 Å². The second-order valence-corrected chi connectivity index (χ2v) is 5.11. The first-order valence-corrected chi connectivity index (χ1v) is 7.47. The zero-order valence-electron chi connectivity index (χ0n) is 13.3. The van der Waals surface area contributed by atoms with Gasteiger partial charge in [0.2, 0.25) is 0 Å². The number of carboxylic acid groups (broad SMARTS) is 1.